The number of benzene rings is 1. The van der Waals surface area contributed by atoms with Gasteiger partial charge in [0, 0.05) is 37.6 Å². The molecule has 2 heteroatoms. The minimum absolute atomic E-state index is 1.03. The molecular formula is C14H18N2. The van der Waals surface area contributed by atoms with Gasteiger partial charge in [0.2, 0.25) is 0 Å². The van der Waals surface area contributed by atoms with E-state index in [1.165, 1.54) is 27.7 Å². The van der Waals surface area contributed by atoms with Crippen LogP contribution in [-0.4, -0.2) is 11.1 Å². The van der Waals surface area contributed by atoms with E-state index in [9.17, 15) is 0 Å². The van der Waals surface area contributed by atoms with Crippen LogP contribution in [-0.2, 0) is 26.4 Å². The SMILES string of the molecule is CCc1cccc2c3c(n(C)c12)CCNC3. The van der Waals surface area contributed by atoms with Gasteiger partial charge in [-0.1, -0.05) is 25.1 Å². The highest BCUT2D eigenvalue weighted by atomic mass is 15.0. The molecule has 1 aromatic heterocycles. The second kappa shape index (κ2) is 3.63. The van der Waals surface area contributed by atoms with Crippen molar-refractivity contribution < 1.29 is 0 Å². The van der Waals surface area contributed by atoms with Gasteiger partial charge in [0.05, 0.1) is 5.52 Å². The quantitative estimate of drug-likeness (QED) is 0.771. The van der Waals surface area contributed by atoms with Crippen LogP contribution < -0.4 is 5.32 Å². The van der Waals surface area contributed by atoms with E-state index in [2.05, 4.69) is 42.1 Å². The Morgan fingerprint density at radius 3 is 3.06 bits per heavy atom. The Morgan fingerprint density at radius 2 is 2.25 bits per heavy atom. The lowest BCUT2D eigenvalue weighted by Crippen LogP contribution is -2.24. The number of para-hydroxylation sites is 1. The molecule has 1 aliphatic rings. The van der Waals surface area contributed by atoms with E-state index in [1.807, 2.05) is 0 Å². The summed E-state index contributed by atoms with van der Waals surface area (Å²) >= 11 is 0. The average molecular weight is 214 g/mol. The second-order valence-corrected chi connectivity index (χ2v) is 4.58. The summed E-state index contributed by atoms with van der Waals surface area (Å²) in [5, 5.41) is 4.92. The smallest absolute Gasteiger partial charge is 0.0515 e. The molecule has 0 spiro atoms. The first-order chi connectivity index (χ1) is 7.83. The number of nitrogens with one attached hydrogen (secondary N) is 1. The maximum Gasteiger partial charge on any atom is 0.0515 e. The molecular weight excluding hydrogens is 196 g/mol. The molecule has 0 aliphatic carbocycles. The molecule has 0 saturated carbocycles. The van der Waals surface area contributed by atoms with Crippen molar-refractivity contribution in [3.8, 4) is 0 Å². The van der Waals surface area contributed by atoms with Crippen molar-refractivity contribution in [3.05, 3.63) is 35.0 Å². The molecule has 0 fully saturated rings. The van der Waals surface area contributed by atoms with Crippen molar-refractivity contribution in [2.45, 2.75) is 26.3 Å². The fraction of sp³-hybridized carbons (Fsp3) is 0.429. The van der Waals surface area contributed by atoms with Crippen molar-refractivity contribution in [2.75, 3.05) is 6.54 Å². The maximum absolute atomic E-state index is 3.47. The van der Waals surface area contributed by atoms with Gasteiger partial charge < -0.3 is 9.88 Å². The summed E-state index contributed by atoms with van der Waals surface area (Å²) in [4.78, 5) is 0. The maximum atomic E-state index is 3.47. The van der Waals surface area contributed by atoms with Crippen molar-refractivity contribution in [3.63, 3.8) is 0 Å². The Morgan fingerprint density at radius 1 is 1.38 bits per heavy atom. The van der Waals surface area contributed by atoms with Gasteiger partial charge in [-0.15, -0.1) is 0 Å². The monoisotopic (exact) mass is 214 g/mol. The molecule has 84 valence electrons. The van der Waals surface area contributed by atoms with E-state index < -0.39 is 0 Å². The van der Waals surface area contributed by atoms with Crippen LogP contribution in [0.1, 0.15) is 23.7 Å². The largest absolute Gasteiger partial charge is 0.347 e. The van der Waals surface area contributed by atoms with Gasteiger partial charge in [0.15, 0.2) is 0 Å². The van der Waals surface area contributed by atoms with Crippen molar-refractivity contribution in [1.29, 1.82) is 0 Å². The van der Waals surface area contributed by atoms with E-state index in [0.717, 1.165) is 25.9 Å². The molecule has 1 aliphatic heterocycles. The van der Waals surface area contributed by atoms with E-state index >= 15 is 0 Å². The van der Waals surface area contributed by atoms with Crippen LogP contribution in [0.5, 0.6) is 0 Å². The van der Waals surface area contributed by atoms with Crippen molar-refractivity contribution >= 4 is 10.9 Å². The molecule has 1 aromatic carbocycles. The van der Waals surface area contributed by atoms with Gasteiger partial charge in [-0.3, -0.25) is 0 Å². The Bertz CT molecular complexity index is 537. The molecule has 2 aromatic rings. The first kappa shape index (κ1) is 9.91. The molecule has 0 unspecified atom stereocenters. The molecule has 16 heavy (non-hydrogen) atoms. The van der Waals surface area contributed by atoms with Crippen LogP contribution in [0.25, 0.3) is 10.9 Å². The number of hydrogen-bond donors (Lipinski definition) is 1. The fourth-order valence-electron chi connectivity index (χ4n) is 2.95. The van der Waals surface area contributed by atoms with Gasteiger partial charge in [0.25, 0.3) is 0 Å². The van der Waals surface area contributed by atoms with Crippen LogP contribution >= 0.6 is 0 Å². The number of hydrogen-bond acceptors (Lipinski definition) is 1. The summed E-state index contributed by atoms with van der Waals surface area (Å²) in [5.41, 5.74) is 5.95. The number of aryl methyl sites for hydroxylation is 2. The zero-order valence-electron chi connectivity index (χ0n) is 10.0. The fourth-order valence-corrected chi connectivity index (χ4v) is 2.95. The van der Waals surface area contributed by atoms with E-state index in [-0.39, 0.29) is 0 Å². The van der Waals surface area contributed by atoms with Gasteiger partial charge >= 0.3 is 0 Å². The molecule has 0 saturated heterocycles. The van der Waals surface area contributed by atoms with Crippen molar-refractivity contribution in [2.24, 2.45) is 7.05 Å². The molecule has 1 N–H and O–H groups in total. The van der Waals surface area contributed by atoms with Crippen LogP contribution in [0.2, 0.25) is 0 Å². The lowest BCUT2D eigenvalue weighted by atomic mass is 10.0. The normalized spacial score (nSPS) is 15.4. The summed E-state index contributed by atoms with van der Waals surface area (Å²) < 4.78 is 2.41. The third-order valence-corrected chi connectivity index (χ3v) is 3.75. The topological polar surface area (TPSA) is 17.0 Å². The summed E-state index contributed by atoms with van der Waals surface area (Å²) in [6.45, 7) is 4.37. The number of rotatable bonds is 1. The first-order valence-corrected chi connectivity index (χ1v) is 6.11. The zero-order valence-corrected chi connectivity index (χ0v) is 10.0. The Balaban J connectivity index is 2.39. The van der Waals surface area contributed by atoms with Gasteiger partial charge in [0.1, 0.15) is 0 Å². The number of nitrogens with zero attached hydrogens (tertiary/aromatic N) is 1. The predicted molar refractivity (Wildman–Crippen MR) is 67.7 cm³/mol. The Labute approximate surface area is 96.3 Å². The lowest BCUT2D eigenvalue weighted by Gasteiger charge is -2.14. The summed E-state index contributed by atoms with van der Waals surface area (Å²) in [7, 11) is 2.21. The molecule has 3 rings (SSSR count). The number of fused-ring (bicyclic) bond motifs is 3. The van der Waals surface area contributed by atoms with Gasteiger partial charge in [-0.25, -0.2) is 0 Å². The molecule has 0 radical (unpaired) electrons. The molecule has 0 bridgehead atoms. The summed E-state index contributed by atoms with van der Waals surface area (Å²) in [5.74, 6) is 0. The highest BCUT2D eigenvalue weighted by molar-refractivity contribution is 5.88. The summed E-state index contributed by atoms with van der Waals surface area (Å²) in [6, 6.07) is 6.71. The first-order valence-electron chi connectivity index (χ1n) is 6.11. The standard InChI is InChI=1S/C14H18N2/c1-3-10-5-4-6-11-12-9-15-8-7-13(12)16(2)14(10)11/h4-6,15H,3,7-9H2,1-2H3. The Kier molecular flexibility index (Phi) is 2.25. The van der Waals surface area contributed by atoms with E-state index in [4.69, 9.17) is 0 Å². The molecule has 0 amide bonds. The summed E-state index contributed by atoms with van der Waals surface area (Å²) in [6.07, 6.45) is 2.27. The Hall–Kier alpha value is -1.28. The number of aromatic nitrogens is 1. The van der Waals surface area contributed by atoms with Crippen LogP contribution in [0.4, 0.5) is 0 Å². The zero-order chi connectivity index (χ0) is 11.1. The van der Waals surface area contributed by atoms with Crippen LogP contribution in [0.3, 0.4) is 0 Å². The third kappa shape index (κ3) is 1.23. The molecule has 0 atom stereocenters. The van der Waals surface area contributed by atoms with Gasteiger partial charge in [-0.05, 0) is 17.5 Å². The predicted octanol–water partition coefficient (Wildman–Crippen LogP) is 2.39. The molecule has 2 heterocycles. The van der Waals surface area contributed by atoms with E-state index in [1.54, 1.807) is 0 Å². The third-order valence-electron chi connectivity index (χ3n) is 3.75. The van der Waals surface area contributed by atoms with Crippen LogP contribution in [0.15, 0.2) is 18.2 Å². The van der Waals surface area contributed by atoms with Crippen LogP contribution in [0, 0.1) is 0 Å². The minimum Gasteiger partial charge on any atom is -0.347 e. The minimum atomic E-state index is 1.03. The van der Waals surface area contributed by atoms with Crippen molar-refractivity contribution in [1.82, 2.24) is 9.88 Å². The van der Waals surface area contributed by atoms with E-state index in [0.29, 0.717) is 0 Å². The molecule has 2 nitrogen and oxygen atoms in total. The average Bonchev–Trinajstić information content (AvgIpc) is 2.64. The van der Waals surface area contributed by atoms with Gasteiger partial charge in [-0.2, -0.15) is 0 Å². The lowest BCUT2D eigenvalue weighted by molar-refractivity contribution is 0.622. The second-order valence-electron chi connectivity index (χ2n) is 4.58. The highest BCUT2D eigenvalue weighted by Crippen LogP contribution is 2.30. The highest BCUT2D eigenvalue weighted by Gasteiger charge is 2.18.